The molecule has 9 heteroatoms. The number of nitrogens with zero attached hydrogens (tertiary/aromatic N) is 2. The molecule has 2 rings (SSSR count). The minimum absolute atomic E-state index is 0.200. The van der Waals surface area contributed by atoms with Gasteiger partial charge in [0.25, 0.3) is 5.91 Å². The zero-order valence-electron chi connectivity index (χ0n) is 15.9. The van der Waals surface area contributed by atoms with Gasteiger partial charge < -0.3 is 14.4 Å². The van der Waals surface area contributed by atoms with E-state index in [0.717, 1.165) is 5.56 Å². The van der Waals surface area contributed by atoms with Crippen LogP contribution in [-0.4, -0.2) is 76.0 Å². The number of sulfonamides is 1. The number of piperazine rings is 1. The Labute approximate surface area is 160 Å². The molecule has 1 fully saturated rings. The summed E-state index contributed by atoms with van der Waals surface area (Å²) in [6.07, 6.45) is 0. The van der Waals surface area contributed by atoms with Gasteiger partial charge in [-0.05, 0) is 23.6 Å². The Kier molecular flexibility index (Phi) is 7.34. The quantitative estimate of drug-likeness (QED) is 0.632. The lowest BCUT2D eigenvalue weighted by atomic mass is 10.0. The van der Waals surface area contributed by atoms with E-state index in [1.807, 2.05) is 26.0 Å². The Hall–Kier alpha value is -1.97. The van der Waals surface area contributed by atoms with Crippen LogP contribution in [0, 0.1) is 0 Å². The molecule has 1 aromatic carbocycles. The fraction of sp³-hybridized carbons (Fsp3) is 0.556. The third-order valence-electron chi connectivity index (χ3n) is 4.39. The van der Waals surface area contributed by atoms with Gasteiger partial charge in [-0.15, -0.1) is 0 Å². The van der Waals surface area contributed by atoms with Gasteiger partial charge in [-0.25, -0.2) is 13.2 Å². The predicted octanol–water partition coefficient (Wildman–Crippen LogP) is 0.833. The Bertz CT molecular complexity index is 753. The highest BCUT2D eigenvalue weighted by Crippen LogP contribution is 2.21. The Balaban J connectivity index is 1.92. The van der Waals surface area contributed by atoms with Gasteiger partial charge in [0, 0.05) is 33.3 Å². The molecule has 0 aliphatic carbocycles. The maximum atomic E-state index is 12.8. The van der Waals surface area contributed by atoms with Gasteiger partial charge in [-0.1, -0.05) is 26.0 Å². The predicted molar refractivity (Wildman–Crippen MR) is 98.7 cm³/mol. The Morgan fingerprint density at radius 1 is 1.04 bits per heavy atom. The van der Waals surface area contributed by atoms with Crippen LogP contribution in [0.5, 0.6) is 0 Å². The zero-order valence-corrected chi connectivity index (χ0v) is 16.7. The number of benzene rings is 1. The minimum atomic E-state index is -3.59. The molecule has 0 N–H and O–H groups in total. The third-order valence-corrected chi connectivity index (χ3v) is 6.31. The van der Waals surface area contributed by atoms with Crippen LogP contribution in [0.4, 0.5) is 0 Å². The second-order valence-corrected chi connectivity index (χ2v) is 8.54. The average molecular weight is 398 g/mol. The maximum absolute atomic E-state index is 12.8. The van der Waals surface area contributed by atoms with Crippen molar-refractivity contribution < 1.29 is 27.5 Å². The van der Waals surface area contributed by atoms with E-state index in [1.54, 1.807) is 12.1 Å². The molecular formula is C18H26N2O6S. The molecular weight excluding hydrogens is 372 g/mol. The fourth-order valence-corrected chi connectivity index (χ4v) is 4.17. The maximum Gasteiger partial charge on any atom is 0.332 e. The van der Waals surface area contributed by atoms with Crippen molar-refractivity contribution in [2.75, 3.05) is 46.5 Å². The normalized spacial score (nSPS) is 15.8. The molecule has 0 atom stereocenters. The Morgan fingerprint density at radius 3 is 2.15 bits per heavy atom. The molecule has 1 aliphatic heterocycles. The highest BCUT2D eigenvalue weighted by molar-refractivity contribution is 7.89. The second-order valence-electron chi connectivity index (χ2n) is 6.60. The first-order chi connectivity index (χ1) is 12.8. The summed E-state index contributed by atoms with van der Waals surface area (Å²) in [5.41, 5.74) is 1.08. The number of amides is 1. The molecule has 0 unspecified atom stereocenters. The fourth-order valence-electron chi connectivity index (χ4n) is 2.74. The van der Waals surface area contributed by atoms with Crippen molar-refractivity contribution in [3.63, 3.8) is 0 Å². The molecule has 1 amide bonds. The summed E-state index contributed by atoms with van der Waals surface area (Å²) in [7, 11) is -2.23. The molecule has 0 saturated carbocycles. The largest absolute Gasteiger partial charge is 0.454 e. The van der Waals surface area contributed by atoms with Crippen molar-refractivity contribution in [2.24, 2.45) is 0 Å². The van der Waals surface area contributed by atoms with E-state index in [9.17, 15) is 18.0 Å². The molecule has 1 aliphatic rings. The van der Waals surface area contributed by atoms with Gasteiger partial charge in [0.05, 0.1) is 4.90 Å². The molecule has 1 heterocycles. The summed E-state index contributed by atoms with van der Waals surface area (Å²) in [5, 5.41) is 0. The van der Waals surface area contributed by atoms with Crippen LogP contribution in [0.2, 0.25) is 0 Å². The van der Waals surface area contributed by atoms with Crippen LogP contribution in [0.3, 0.4) is 0 Å². The number of carbonyl (C=O) groups is 2. The average Bonchev–Trinajstić information content (AvgIpc) is 2.66. The SMILES string of the molecule is COCC(=O)OCC(=O)N1CCN(S(=O)(=O)c2ccc(C(C)C)cc2)CC1. The summed E-state index contributed by atoms with van der Waals surface area (Å²) in [5.74, 6) is -0.635. The Morgan fingerprint density at radius 2 is 1.63 bits per heavy atom. The lowest BCUT2D eigenvalue weighted by Gasteiger charge is -2.33. The zero-order chi connectivity index (χ0) is 20.0. The lowest BCUT2D eigenvalue weighted by Crippen LogP contribution is -2.51. The number of ether oxygens (including phenoxy) is 2. The monoisotopic (exact) mass is 398 g/mol. The summed E-state index contributed by atoms with van der Waals surface area (Å²) in [6.45, 7) is 4.42. The summed E-state index contributed by atoms with van der Waals surface area (Å²) < 4.78 is 36.3. The van der Waals surface area contributed by atoms with Crippen molar-refractivity contribution >= 4 is 21.9 Å². The van der Waals surface area contributed by atoms with Gasteiger partial charge in [-0.3, -0.25) is 4.79 Å². The van der Waals surface area contributed by atoms with Crippen molar-refractivity contribution in [1.82, 2.24) is 9.21 Å². The first kappa shape index (κ1) is 21.3. The molecule has 0 radical (unpaired) electrons. The molecule has 1 saturated heterocycles. The van der Waals surface area contributed by atoms with Crippen LogP contribution in [0.25, 0.3) is 0 Å². The van der Waals surface area contributed by atoms with Gasteiger partial charge in [0.2, 0.25) is 10.0 Å². The van der Waals surface area contributed by atoms with E-state index >= 15 is 0 Å². The van der Waals surface area contributed by atoms with Gasteiger partial charge in [0.1, 0.15) is 6.61 Å². The minimum Gasteiger partial charge on any atom is -0.454 e. The summed E-state index contributed by atoms with van der Waals surface area (Å²) in [4.78, 5) is 25.0. The summed E-state index contributed by atoms with van der Waals surface area (Å²) in [6, 6.07) is 6.90. The molecule has 150 valence electrons. The number of hydrogen-bond acceptors (Lipinski definition) is 6. The van der Waals surface area contributed by atoms with E-state index < -0.39 is 16.0 Å². The smallest absolute Gasteiger partial charge is 0.332 e. The molecule has 27 heavy (non-hydrogen) atoms. The van der Waals surface area contributed by atoms with Gasteiger partial charge in [0.15, 0.2) is 6.61 Å². The first-order valence-electron chi connectivity index (χ1n) is 8.78. The first-order valence-corrected chi connectivity index (χ1v) is 10.2. The highest BCUT2D eigenvalue weighted by Gasteiger charge is 2.30. The number of esters is 1. The number of rotatable bonds is 7. The van der Waals surface area contributed by atoms with Gasteiger partial charge in [-0.2, -0.15) is 4.31 Å². The van der Waals surface area contributed by atoms with Crippen molar-refractivity contribution in [3.05, 3.63) is 29.8 Å². The topological polar surface area (TPSA) is 93.2 Å². The third kappa shape index (κ3) is 5.50. The van der Waals surface area contributed by atoms with Crippen LogP contribution >= 0.6 is 0 Å². The van der Waals surface area contributed by atoms with Crippen molar-refractivity contribution in [1.29, 1.82) is 0 Å². The van der Waals surface area contributed by atoms with Crippen LogP contribution in [0.15, 0.2) is 29.2 Å². The van der Waals surface area contributed by atoms with Crippen LogP contribution in [-0.2, 0) is 29.1 Å². The summed E-state index contributed by atoms with van der Waals surface area (Å²) >= 11 is 0. The van der Waals surface area contributed by atoms with E-state index in [1.165, 1.54) is 16.3 Å². The van der Waals surface area contributed by atoms with Crippen LogP contribution < -0.4 is 0 Å². The standard InChI is InChI=1S/C18H26N2O6S/c1-14(2)15-4-6-16(7-5-15)27(23,24)20-10-8-19(9-11-20)17(21)12-26-18(22)13-25-3/h4-7,14H,8-13H2,1-3H3. The van der Waals surface area contributed by atoms with Gasteiger partial charge >= 0.3 is 5.97 Å². The molecule has 0 bridgehead atoms. The van der Waals surface area contributed by atoms with E-state index in [2.05, 4.69) is 4.74 Å². The van der Waals surface area contributed by atoms with E-state index in [0.29, 0.717) is 5.92 Å². The number of carbonyl (C=O) groups excluding carboxylic acids is 2. The van der Waals surface area contributed by atoms with Crippen molar-refractivity contribution in [2.45, 2.75) is 24.7 Å². The van der Waals surface area contributed by atoms with Crippen molar-refractivity contribution in [3.8, 4) is 0 Å². The second kappa shape index (κ2) is 9.29. The number of hydrogen-bond donors (Lipinski definition) is 0. The molecule has 8 nitrogen and oxygen atoms in total. The molecule has 0 aromatic heterocycles. The highest BCUT2D eigenvalue weighted by atomic mass is 32.2. The number of methoxy groups -OCH3 is 1. The lowest BCUT2D eigenvalue weighted by molar-refractivity contribution is -0.155. The van der Waals surface area contributed by atoms with E-state index in [-0.39, 0.29) is 50.2 Å². The van der Waals surface area contributed by atoms with E-state index in [4.69, 9.17) is 4.74 Å². The molecule has 1 aromatic rings. The molecule has 0 spiro atoms. The van der Waals surface area contributed by atoms with Crippen LogP contribution in [0.1, 0.15) is 25.3 Å².